The van der Waals surface area contributed by atoms with E-state index in [-0.39, 0.29) is 0 Å². The molecule has 0 saturated heterocycles. The van der Waals surface area contributed by atoms with Crippen molar-refractivity contribution < 1.29 is 9.90 Å². The fraction of sp³-hybridized carbons (Fsp3) is 0. The number of carbonyl (C=O) groups is 1. The van der Waals surface area contributed by atoms with Crippen LogP contribution in [-0.2, 0) is 4.79 Å². The zero-order valence-electron chi connectivity index (χ0n) is 9.57. The lowest BCUT2D eigenvalue weighted by Crippen LogP contribution is -1.84. The molecule has 2 heteroatoms. The Labute approximate surface area is 102 Å². The van der Waals surface area contributed by atoms with Crippen molar-refractivity contribution >= 4 is 5.97 Å². The standard InChI is InChI=1S/C9H10O2.C6H6/c1-2-3-4-5-6-7-8-9(10)11;1-2-4-6-5-3-1/h2-8H,1H2,(H,10,11);1-6H. The van der Waals surface area contributed by atoms with Crippen LogP contribution in [0.4, 0.5) is 0 Å². The van der Waals surface area contributed by atoms with E-state index in [1.54, 1.807) is 30.4 Å². The maximum Gasteiger partial charge on any atom is 0.328 e. The Morgan fingerprint density at radius 3 is 1.65 bits per heavy atom. The molecule has 0 unspecified atom stereocenters. The van der Waals surface area contributed by atoms with E-state index >= 15 is 0 Å². The zero-order valence-corrected chi connectivity index (χ0v) is 9.57. The van der Waals surface area contributed by atoms with Crippen molar-refractivity contribution in [3.8, 4) is 0 Å². The fourth-order valence-electron chi connectivity index (χ4n) is 0.794. The van der Waals surface area contributed by atoms with Gasteiger partial charge in [-0.15, -0.1) is 0 Å². The van der Waals surface area contributed by atoms with Gasteiger partial charge in [-0.1, -0.05) is 79.4 Å². The van der Waals surface area contributed by atoms with E-state index in [2.05, 4.69) is 6.58 Å². The van der Waals surface area contributed by atoms with Crippen molar-refractivity contribution in [3.63, 3.8) is 0 Å². The van der Waals surface area contributed by atoms with Crippen molar-refractivity contribution in [2.24, 2.45) is 0 Å². The first kappa shape index (κ1) is 14.6. The predicted octanol–water partition coefficient (Wildman–Crippen LogP) is 3.61. The molecule has 0 heterocycles. The van der Waals surface area contributed by atoms with Crippen LogP contribution in [0.2, 0.25) is 0 Å². The fourth-order valence-corrected chi connectivity index (χ4v) is 0.794. The van der Waals surface area contributed by atoms with E-state index in [0.717, 1.165) is 6.08 Å². The highest BCUT2D eigenvalue weighted by Gasteiger charge is 1.78. The summed E-state index contributed by atoms with van der Waals surface area (Å²) in [4.78, 5) is 9.93. The molecule has 0 aromatic heterocycles. The molecule has 2 nitrogen and oxygen atoms in total. The zero-order chi connectivity index (χ0) is 12.8. The Morgan fingerprint density at radius 1 is 0.824 bits per heavy atom. The van der Waals surface area contributed by atoms with Gasteiger partial charge in [0, 0.05) is 6.08 Å². The highest BCUT2D eigenvalue weighted by molar-refractivity contribution is 5.80. The molecule has 1 aromatic rings. The number of hydrogen-bond donors (Lipinski definition) is 1. The van der Waals surface area contributed by atoms with Gasteiger partial charge in [0.05, 0.1) is 0 Å². The van der Waals surface area contributed by atoms with Gasteiger partial charge >= 0.3 is 5.97 Å². The molecule has 1 N–H and O–H groups in total. The van der Waals surface area contributed by atoms with E-state index in [1.165, 1.54) is 6.08 Å². The Bertz CT molecular complexity index is 360. The van der Waals surface area contributed by atoms with E-state index in [9.17, 15) is 4.79 Å². The van der Waals surface area contributed by atoms with Crippen LogP contribution in [0.3, 0.4) is 0 Å². The SMILES string of the molecule is C=CC=CC=CC=CC(=O)O.c1ccccc1. The first-order chi connectivity index (χ1) is 8.27. The summed E-state index contributed by atoms with van der Waals surface area (Å²) in [6.45, 7) is 3.47. The minimum absolute atomic E-state index is 0.942. The maximum atomic E-state index is 9.93. The molecule has 0 aliphatic rings. The van der Waals surface area contributed by atoms with Gasteiger partial charge in [0.15, 0.2) is 0 Å². The lowest BCUT2D eigenvalue weighted by atomic mass is 10.4. The highest BCUT2D eigenvalue weighted by atomic mass is 16.4. The van der Waals surface area contributed by atoms with Crippen molar-refractivity contribution in [3.05, 3.63) is 85.5 Å². The number of rotatable bonds is 4. The van der Waals surface area contributed by atoms with Crippen molar-refractivity contribution in [1.82, 2.24) is 0 Å². The third-order valence-corrected chi connectivity index (χ3v) is 1.49. The normalized spacial score (nSPS) is 10.4. The van der Waals surface area contributed by atoms with Crippen LogP contribution >= 0.6 is 0 Å². The third-order valence-electron chi connectivity index (χ3n) is 1.49. The number of allylic oxidation sites excluding steroid dienone is 6. The first-order valence-electron chi connectivity index (χ1n) is 5.12. The van der Waals surface area contributed by atoms with Crippen LogP contribution in [0.25, 0.3) is 0 Å². The first-order valence-corrected chi connectivity index (χ1v) is 5.12. The number of benzene rings is 1. The van der Waals surface area contributed by atoms with E-state index in [0.29, 0.717) is 0 Å². The summed E-state index contributed by atoms with van der Waals surface area (Å²) in [5, 5.41) is 8.16. The summed E-state index contributed by atoms with van der Waals surface area (Å²) in [5.74, 6) is -0.942. The van der Waals surface area contributed by atoms with E-state index in [4.69, 9.17) is 5.11 Å². The van der Waals surface area contributed by atoms with Gasteiger partial charge in [0.2, 0.25) is 0 Å². The molecule has 0 fully saturated rings. The second kappa shape index (κ2) is 11.7. The largest absolute Gasteiger partial charge is 0.478 e. The molecule has 0 aliphatic carbocycles. The molecular formula is C15H16O2. The predicted molar refractivity (Wildman–Crippen MR) is 71.7 cm³/mol. The minimum Gasteiger partial charge on any atom is -0.478 e. The summed E-state index contributed by atoms with van der Waals surface area (Å²) in [5.41, 5.74) is 0. The molecule has 88 valence electrons. The van der Waals surface area contributed by atoms with Gasteiger partial charge in [-0.25, -0.2) is 4.79 Å². The second-order valence-electron chi connectivity index (χ2n) is 2.86. The van der Waals surface area contributed by atoms with Crippen LogP contribution in [0, 0.1) is 0 Å². The monoisotopic (exact) mass is 228 g/mol. The average Bonchev–Trinajstić information content (AvgIpc) is 2.36. The van der Waals surface area contributed by atoms with Crippen LogP contribution in [0.1, 0.15) is 0 Å². The molecule has 1 aromatic carbocycles. The third kappa shape index (κ3) is 13.7. The lowest BCUT2D eigenvalue weighted by molar-refractivity contribution is -0.131. The van der Waals surface area contributed by atoms with Crippen LogP contribution in [0.15, 0.2) is 85.5 Å². The van der Waals surface area contributed by atoms with Crippen molar-refractivity contribution in [2.45, 2.75) is 0 Å². The number of carboxylic acid groups (broad SMARTS) is 1. The van der Waals surface area contributed by atoms with Gasteiger partial charge in [0.25, 0.3) is 0 Å². The Morgan fingerprint density at radius 2 is 1.24 bits per heavy atom. The second-order valence-corrected chi connectivity index (χ2v) is 2.86. The number of aliphatic carboxylic acids is 1. The summed E-state index contributed by atoms with van der Waals surface area (Å²) >= 11 is 0. The van der Waals surface area contributed by atoms with E-state index < -0.39 is 5.97 Å². The summed E-state index contributed by atoms with van der Waals surface area (Å²) in [6.07, 6.45) is 11.0. The number of carboxylic acids is 1. The minimum atomic E-state index is -0.942. The highest BCUT2D eigenvalue weighted by Crippen LogP contribution is 1.80. The molecule has 17 heavy (non-hydrogen) atoms. The molecular weight excluding hydrogens is 212 g/mol. The topological polar surface area (TPSA) is 37.3 Å². The van der Waals surface area contributed by atoms with Gasteiger partial charge in [-0.3, -0.25) is 0 Å². The molecule has 0 radical (unpaired) electrons. The Balaban J connectivity index is 0.000000354. The van der Waals surface area contributed by atoms with Crippen molar-refractivity contribution in [2.75, 3.05) is 0 Å². The summed E-state index contributed by atoms with van der Waals surface area (Å²) in [6, 6.07) is 12.0. The quantitative estimate of drug-likeness (QED) is 0.631. The van der Waals surface area contributed by atoms with Crippen LogP contribution < -0.4 is 0 Å². The van der Waals surface area contributed by atoms with Gasteiger partial charge in [-0.05, 0) is 0 Å². The molecule has 0 spiro atoms. The Kier molecular flexibility index (Phi) is 10.1. The van der Waals surface area contributed by atoms with Crippen molar-refractivity contribution in [1.29, 1.82) is 0 Å². The Hall–Kier alpha value is -2.35. The molecule has 0 aliphatic heterocycles. The molecule has 0 bridgehead atoms. The number of hydrogen-bond acceptors (Lipinski definition) is 1. The van der Waals surface area contributed by atoms with Crippen LogP contribution in [-0.4, -0.2) is 11.1 Å². The van der Waals surface area contributed by atoms with Gasteiger partial charge in [-0.2, -0.15) is 0 Å². The molecule has 0 saturated carbocycles. The molecule has 0 atom stereocenters. The van der Waals surface area contributed by atoms with E-state index in [1.807, 2.05) is 36.4 Å². The molecule has 0 amide bonds. The average molecular weight is 228 g/mol. The maximum absolute atomic E-state index is 9.93. The summed E-state index contributed by atoms with van der Waals surface area (Å²) < 4.78 is 0. The van der Waals surface area contributed by atoms with Crippen LogP contribution in [0.5, 0.6) is 0 Å². The molecule has 1 rings (SSSR count). The smallest absolute Gasteiger partial charge is 0.328 e. The van der Waals surface area contributed by atoms with Gasteiger partial charge in [0.1, 0.15) is 0 Å². The lowest BCUT2D eigenvalue weighted by Gasteiger charge is -1.74. The van der Waals surface area contributed by atoms with Gasteiger partial charge < -0.3 is 5.11 Å². The summed E-state index contributed by atoms with van der Waals surface area (Å²) in [7, 11) is 0.